The molecule has 0 bridgehead atoms. The molecule has 4 nitrogen and oxygen atoms in total. The van der Waals surface area contributed by atoms with Crippen LogP contribution in [0.3, 0.4) is 0 Å². The first-order valence-electron chi connectivity index (χ1n) is 7.98. The van der Waals surface area contributed by atoms with Gasteiger partial charge in [-0.2, -0.15) is 0 Å². The first-order chi connectivity index (χ1) is 11.3. The maximum atomic E-state index is 13.0. The summed E-state index contributed by atoms with van der Waals surface area (Å²) in [5.41, 5.74) is 2.85. The van der Waals surface area contributed by atoms with Gasteiger partial charge in [0.15, 0.2) is 5.13 Å². The maximum absolute atomic E-state index is 13.0. The molecule has 2 aromatic heterocycles. The molecule has 1 amide bonds. The number of anilines is 1. The Hall–Kier alpha value is -2.14. The summed E-state index contributed by atoms with van der Waals surface area (Å²) in [5, 5.41) is 0.718. The van der Waals surface area contributed by atoms with E-state index in [0.717, 1.165) is 26.7 Å². The van der Waals surface area contributed by atoms with Crippen molar-refractivity contribution in [2.24, 2.45) is 5.41 Å². The number of benzene rings is 1. The molecule has 0 saturated carbocycles. The number of fused-ring (bicyclic) bond motifs is 1. The number of aryl methyl sites for hydroxylation is 2. The van der Waals surface area contributed by atoms with Crippen molar-refractivity contribution in [3.05, 3.63) is 47.4 Å². The minimum absolute atomic E-state index is 0.0346. The molecule has 0 fully saturated rings. The van der Waals surface area contributed by atoms with E-state index in [2.05, 4.69) is 26.0 Å². The van der Waals surface area contributed by atoms with Crippen molar-refractivity contribution in [2.75, 3.05) is 4.90 Å². The molecule has 1 aromatic carbocycles. The predicted molar refractivity (Wildman–Crippen MR) is 98.4 cm³/mol. The van der Waals surface area contributed by atoms with Gasteiger partial charge >= 0.3 is 0 Å². The third-order valence-electron chi connectivity index (χ3n) is 4.09. The normalized spacial score (nSPS) is 11.9. The Morgan fingerprint density at radius 3 is 2.62 bits per heavy atom. The second kappa shape index (κ2) is 6.06. The monoisotopic (exact) mass is 342 g/mol. The Balaban J connectivity index is 2.08. The highest BCUT2D eigenvalue weighted by Gasteiger charge is 2.31. The topological polar surface area (TPSA) is 46.3 Å². The Bertz CT molecular complexity index is 873. The molecule has 0 N–H and O–H groups in total. The zero-order chi connectivity index (χ0) is 17.5. The summed E-state index contributed by atoms with van der Waals surface area (Å²) in [4.78, 5) is 19.5. The number of carbonyl (C=O) groups excluding carboxylic acids is 1. The summed E-state index contributed by atoms with van der Waals surface area (Å²) in [6.07, 6.45) is 1.63. The lowest BCUT2D eigenvalue weighted by Gasteiger charge is -2.26. The van der Waals surface area contributed by atoms with Crippen LogP contribution in [-0.2, 0) is 11.3 Å². The SMILES string of the molecule is Cc1ccc2sc(N(Cc3ccco3)C(=O)C(C)(C)C)nc2c1C. The van der Waals surface area contributed by atoms with Crippen LogP contribution in [-0.4, -0.2) is 10.9 Å². The molecule has 2 heterocycles. The molecule has 0 unspecified atom stereocenters. The molecule has 24 heavy (non-hydrogen) atoms. The van der Waals surface area contributed by atoms with Gasteiger partial charge in [-0.3, -0.25) is 9.69 Å². The standard InChI is InChI=1S/C19H22N2O2S/c1-12-8-9-15-16(13(12)2)20-18(24-15)21(17(22)19(3,4)5)11-14-7-6-10-23-14/h6-10H,11H2,1-5H3. The van der Waals surface area contributed by atoms with Crippen LogP contribution in [0.15, 0.2) is 34.9 Å². The van der Waals surface area contributed by atoms with Crippen molar-refractivity contribution in [1.82, 2.24) is 4.98 Å². The van der Waals surface area contributed by atoms with Crippen molar-refractivity contribution in [3.63, 3.8) is 0 Å². The van der Waals surface area contributed by atoms with Crippen LogP contribution < -0.4 is 4.90 Å². The van der Waals surface area contributed by atoms with E-state index >= 15 is 0 Å². The first kappa shape index (κ1) is 16.7. The van der Waals surface area contributed by atoms with Gasteiger partial charge in [0.2, 0.25) is 5.91 Å². The molecule has 3 aromatic rings. The molecule has 0 radical (unpaired) electrons. The average molecular weight is 342 g/mol. The Labute approximate surface area is 146 Å². The molecular weight excluding hydrogens is 320 g/mol. The van der Waals surface area contributed by atoms with Gasteiger partial charge in [0.25, 0.3) is 0 Å². The van der Waals surface area contributed by atoms with E-state index in [9.17, 15) is 4.79 Å². The minimum atomic E-state index is -0.491. The smallest absolute Gasteiger partial charge is 0.234 e. The zero-order valence-corrected chi connectivity index (χ0v) is 15.5. The Kier molecular flexibility index (Phi) is 4.22. The van der Waals surface area contributed by atoms with Crippen LogP contribution in [0.1, 0.15) is 37.7 Å². The molecule has 3 rings (SSSR count). The van der Waals surface area contributed by atoms with Crippen LogP contribution in [0.2, 0.25) is 0 Å². The van der Waals surface area contributed by atoms with Crippen molar-refractivity contribution < 1.29 is 9.21 Å². The summed E-state index contributed by atoms with van der Waals surface area (Å²) < 4.78 is 6.54. The van der Waals surface area contributed by atoms with E-state index in [1.165, 1.54) is 5.56 Å². The highest BCUT2D eigenvalue weighted by Crippen LogP contribution is 2.34. The largest absolute Gasteiger partial charge is 0.467 e. The van der Waals surface area contributed by atoms with E-state index in [1.807, 2.05) is 32.9 Å². The molecule has 0 atom stereocenters. The van der Waals surface area contributed by atoms with Crippen molar-refractivity contribution in [3.8, 4) is 0 Å². The van der Waals surface area contributed by atoms with Gasteiger partial charge in [0.05, 0.1) is 23.0 Å². The van der Waals surface area contributed by atoms with Gasteiger partial charge in [-0.25, -0.2) is 4.98 Å². The predicted octanol–water partition coefficient (Wildman–Crippen LogP) is 5.09. The third-order valence-corrected chi connectivity index (χ3v) is 5.13. The summed E-state index contributed by atoms with van der Waals surface area (Å²) in [6, 6.07) is 7.89. The zero-order valence-electron chi connectivity index (χ0n) is 14.7. The van der Waals surface area contributed by atoms with Crippen molar-refractivity contribution in [2.45, 2.75) is 41.2 Å². The lowest BCUT2D eigenvalue weighted by atomic mass is 9.95. The number of hydrogen-bond acceptors (Lipinski definition) is 4. The molecule has 0 saturated heterocycles. The Morgan fingerprint density at radius 1 is 1.25 bits per heavy atom. The van der Waals surface area contributed by atoms with Gasteiger partial charge in [-0.05, 0) is 43.2 Å². The summed E-state index contributed by atoms with van der Waals surface area (Å²) in [7, 11) is 0. The highest BCUT2D eigenvalue weighted by molar-refractivity contribution is 7.22. The van der Waals surface area contributed by atoms with E-state index < -0.39 is 5.41 Å². The summed E-state index contributed by atoms with van der Waals surface area (Å²) in [5.74, 6) is 0.784. The average Bonchev–Trinajstić information content (AvgIpc) is 3.16. The molecule has 126 valence electrons. The quantitative estimate of drug-likeness (QED) is 0.666. The lowest BCUT2D eigenvalue weighted by Crippen LogP contribution is -2.39. The summed E-state index contributed by atoms with van der Waals surface area (Å²) in [6.45, 7) is 10.3. The van der Waals surface area contributed by atoms with Gasteiger partial charge in [-0.1, -0.05) is 38.2 Å². The highest BCUT2D eigenvalue weighted by atomic mass is 32.1. The number of thiazole rings is 1. The summed E-state index contributed by atoms with van der Waals surface area (Å²) >= 11 is 1.55. The van der Waals surface area contributed by atoms with Gasteiger partial charge < -0.3 is 4.42 Å². The van der Waals surface area contributed by atoms with Crippen molar-refractivity contribution >= 4 is 32.6 Å². The van der Waals surface area contributed by atoms with Crippen LogP contribution in [0.5, 0.6) is 0 Å². The molecule has 5 heteroatoms. The second-order valence-electron chi connectivity index (χ2n) is 7.07. The number of hydrogen-bond donors (Lipinski definition) is 0. The number of furan rings is 1. The van der Waals surface area contributed by atoms with Crippen LogP contribution in [0.4, 0.5) is 5.13 Å². The van der Waals surface area contributed by atoms with Crippen molar-refractivity contribution in [1.29, 1.82) is 0 Å². The van der Waals surface area contributed by atoms with Crippen LogP contribution in [0.25, 0.3) is 10.2 Å². The van der Waals surface area contributed by atoms with Gasteiger partial charge in [-0.15, -0.1) is 0 Å². The van der Waals surface area contributed by atoms with Gasteiger partial charge in [0.1, 0.15) is 5.76 Å². The first-order valence-corrected chi connectivity index (χ1v) is 8.80. The van der Waals surface area contributed by atoms with E-state index in [1.54, 1.807) is 22.5 Å². The number of rotatable bonds is 3. The molecule has 0 spiro atoms. The minimum Gasteiger partial charge on any atom is -0.467 e. The fraction of sp³-hybridized carbons (Fsp3) is 0.368. The fourth-order valence-corrected chi connectivity index (χ4v) is 3.54. The maximum Gasteiger partial charge on any atom is 0.234 e. The fourth-order valence-electron chi connectivity index (χ4n) is 2.52. The number of amides is 1. The Morgan fingerprint density at radius 2 is 2.00 bits per heavy atom. The molecular formula is C19H22N2O2S. The molecule has 0 aliphatic rings. The van der Waals surface area contributed by atoms with Crippen LogP contribution >= 0.6 is 11.3 Å². The van der Waals surface area contributed by atoms with Crippen LogP contribution in [0, 0.1) is 19.3 Å². The molecule has 0 aliphatic carbocycles. The van der Waals surface area contributed by atoms with E-state index in [-0.39, 0.29) is 5.91 Å². The van der Waals surface area contributed by atoms with E-state index in [4.69, 9.17) is 9.40 Å². The number of nitrogens with zero attached hydrogens (tertiary/aromatic N) is 2. The molecule has 0 aliphatic heterocycles. The van der Waals surface area contributed by atoms with Gasteiger partial charge in [0, 0.05) is 5.41 Å². The third kappa shape index (κ3) is 3.08. The lowest BCUT2D eigenvalue weighted by molar-refractivity contribution is -0.126. The number of aromatic nitrogens is 1. The second-order valence-corrected chi connectivity index (χ2v) is 8.08. The number of carbonyl (C=O) groups is 1. The van der Waals surface area contributed by atoms with E-state index in [0.29, 0.717) is 6.54 Å².